The number of nitrogens with one attached hydrogen (secondary N) is 1. The zero-order chi connectivity index (χ0) is 27.5. The zero-order valence-corrected chi connectivity index (χ0v) is 22.8. The summed E-state index contributed by atoms with van der Waals surface area (Å²) in [5.74, 6) is 0.0263. The third-order valence-corrected chi connectivity index (χ3v) is 8.58. The Morgan fingerprint density at radius 2 is 1.74 bits per heavy atom. The van der Waals surface area contributed by atoms with Gasteiger partial charge in [-0.05, 0) is 87.9 Å². The van der Waals surface area contributed by atoms with Crippen LogP contribution in [0, 0.1) is 0 Å². The molecule has 2 amide bonds. The van der Waals surface area contributed by atoms with Crippen molar-refractivity contribution in [2.75, 3.05) is 31.5 Å². The molecule has 0 radical (unpaired) electrons. The molecule has 0 unspecified atom stereocenters. The van der Waals surface area contributed by atoms with Crippen molar-refractivity contribution in [3.05, 3.63) is 60.1 Å². The standard InChI is InChI=1S/C27H35N5O5S/c1-27(2,3)37-26(34)30-21-5-7-22(8-6-21)38(35,36)32-15-10-19(11-16-32)20-9-12-29-24(17-20)23(18-28)25(33)31-13-4-14-31/h5-9,12,17-19H,4,10-11,13-16,28H2,1-3H3,(H,30,34). The van der Waals surface area contributed by atoms with Gasteiger partial charge in [0.15, 0.2) is 0 Å². The van der Waals surface area contributed by atoms with E-state index in [0.29, 0.717) is 42.9 Å². The van der Waals surface area contributed by atoms with E-state index in [1.54, 1.807) is 44.0 Å². The maximum absolute atomic E-state index is 13.2. The van der Waals surface area contributed by atoms with E-state index in [-0.39, 0.29) is 16.7 Å². The quantitative estimate of drug-likeness (QED) is 0.534. The highest BCUT2D eigenvalue weighted by Gasteiger charge is 2.31. The largest absolute Gasteiger partial charge is 0.444 e. The Morgan fingerprint density at radius 3 is 2.29 bits per heavy atom. The van der Waals surface area contributed by atoms with Crippen molar-refractivity contribution in [1.82, 2.24) is 14.2 Å². The first-order valence-corrected chi connectivity index (χ1v) is 14.2. The number of hydrogen-bond donors (Lipinski definition) is 2. The number of sulfonamides is 1. The number of ether oxygens (including phenoxy) is 1. The summed E-state index contributed by atoms with van der Waals surface area (Å²) in [5, 5.41) is 2.61. The van der Waals surface area contributed by atoms with Crippen LogP contribution in [0.3, 0.4) is 0 Å². The van der Waals surface area contributed by atoms with E-state index >= 15 is 0 Å². The molecule has 1 aromatic carbocycles. The summed E-state index contributed by atoms with van der Waals surface area (Å²) < 4.78 is 33.2. The summed E-state index contributed by atoms with van der Waals surface area (Å²) in [5.41, 5.74) is 7.53. The van der Waals surface area contributed by atoms with Crippen molar-refractivity contribution in [1.29, 1.82) is 0 Å². The van der Waals surface area contributed by atoms with Crippen molar-refractivity contribution in [2.24, 2.45) is 5.73 Å². The molecule has 11 heteroatoms. The van der Waals surface area contributed by atoms with Gasteiger partial charge < -0.3 is 15.4 Å². The van der Waals surface area contributed by atoms with Crippen LogP contribution < -0.4 is 11.1 Å². The Labute approximate surface area is 223 Å². The number of carbonyl (C=O) groups is 2. The second-order valence-corrected chi connectivity index (χ2v) is 12.5. The number of rotatable bonds is 6. The van der Waals surface area contributed by atoms with E-state index in [2.05, 4.69) is 10.3 Å². The minimum atomic E-state index is -3.68. The van der Waals surface area contributed by atoms with E-state index in [1.165, 1.54) is 22.6 Å². The number of likely N-dealkylation sites (tertiary alicyclic amines) is 1. The van der Waals surface area contributed by atoms with E-state index in [9.17, 15) is 18.0 Å². The molecule has 0 atom stereocenters. The third-order valence-electron chi connectivity index (χ3n) is 6.66. The number of piperidine rings is 1. The lowest BCUT2D eigenvalue weighted by Crippen LogP contribution is -2.42. The number of hydrogen-bond acceptors (Lipinski definition) is 7. The van der Waals surface area contributed by atoms with Crippen molar-refractivity contribution in [3.63, 3.8) is 0 Å². The Kier molecular flexibility index (Phi) is 8.08. The van der Waals surface area contributed by atoms with Crippen LogP contribution in [0.15, 0.2) is 53.7 Å². The molecule has 3 heterocycles. The molecule has 10 nitrogen and oxygen atoms in total. The van der Waals surface area contributed by atoms with Gasteiger partial charge in [-0.3, -0.25) is 15.1 Å². The highest BCUT2D eigenvalue weighted by Crippen LogP contribution is 2.32. The average Bonchev–Trinajstić information content (AvgIpc) is 2.83. The van der Waals surface area contributed by atoms with Crippen LogP contribution in [0.1, 0.15) is 57.2 Å². The molecule has 1 aromatic heterocycles. The topological polar surface area (TPSA) is 135 Å². The average molecular weight is 542 g/mol. The van der Waals surface area contributed by atoms with Crippen LogP contribution in [0.5, 0.6) is 0 Å². The Bertz CT molecular complexity index is 1310. The minimum absolute atomic E-state index is 0.114. The van der Waals surface area contributed by atoms with Crippen LogP contribution in [-0.4, -0.2) is 66.4 Å². The highest BCUT2D eigenvalue weighted by atomic mass is 32.2. The Morgan fingerprint density at radius 1 is 1.08 bits per heavy atom. The lowest BCUT2D eigenvalue weighted by atomic mass is 9.90. The predicted octanol–water partition coefficient (Wildman–Crippen LogP) is 3.53. The molecular formula is C27H35N5O5S. The molecule has 0 aliphatic carbocycles. The molecule has 204 valence electrons. The number of aromatic nitrogens is 1. The van der Waals surface area contributed by atoms with Gasteiger partial charge in [-0.25, -0.2) is 13.2 Å². The molecule has 2 aliphatic rings. The Balaban J connectivity index is 1.38. The molecule has 4 rings (SSSR count). The number of nitrogens with zero attached hydrogens (tertiary/aromatic N) is 3. The lowest BCUT2D eigenvalue weighted by Gasteiger charge is -2.32. The second-order valence-electron chi connectivity index (χ2n) is 10.5. The number of benzene rings is 1. The zero-order valence-electron chi connectivity index (χ0n) is 22.0. The van der Waals surface area contributed by atoms with Crippen LogP contribution in [0.4, 0.5) is 10.5 Å². The van der Waals surface area contributed by atoms with E-state index < -0.39 is 21.7 Å². The number of pyridine rings is 1. The fourth-order valence-corrected chi connectivity index (χ4v) is 5.98. The molecule has 3 N–H and O–H groups in total. The lowest BCUT2D eigenvalue weighted by molar-refractivity contribution is -0.128. The first-order chi connectivity index (χ1) is 18.0. The molecule has 38 heavy (non-hydrogen) atoms. The summed E-state index contributed by atoms with van der Waals surface area (Å²) in [4.78, 5) is 30.9. The summed E-state index contributed by atoms with van der Waals surface area (Å²) in [6.07, 6.45) is 4.66. The van der Waals surface area contributed by atoms with E-state index in [4.69, 9.17) is 10.5 Å². The fraction of sp³-hybridized carbons (Fsp3) is 0.444. The van der Waals surface area contributed by atoms with Crippen LogP contribution in [0.25, 0.3) is 5.57 Å². The van der Waals surface area contributed by atoms with Gasteiger partial charge in [-0.1, -0.05) is 0 Å². The normalized spacial score (nSPS) is 17.6. The van der Waals surface area contributed by atoms with Crippen molar-refractivity contribution in [2.45, 2.75) is 56.4 Å². The maximum atomic E-state index is 13.2. The van der Waals surface area contributed by atoms with Crippen LogP contribution in [-0.2, 0) is 19.6 Å². The summed E-state index contributed by atoms with van der Waals surface area (Å²) in [6, 6.07) is 9.87. The van der Waals surface area contributed by atoms with Gasteiger partial charge in [0.2, 0.25) is 10.0 Å². The first-order valence-electron chi connectivity index (χ1n) is 12.8. The summed E-state index contributed by atoms with van der Waals surface area (Å²) in [6.45, 7) is 7.50. The molecule has 2 saturated heterocycles. The third kappa shape index (κ3) is 6.33. The SMILES string of the molecule is CC(C)(C)OC(=O)Nc1ccc(S(=O)(=O)N2CCC(c3ccnc(C(=CN)C(=O)N4CCC4)c3)CC2)cc1. The first kappa shape index (κ1) is 27.6. The fourth-order valence-electron chi connectivity index (χ4n) is 4.51. The number of amides is 2. The molecule has 0 bridgehead atoms. The number of nitrogens with two attached hydrogens (primary N) is 1. The van der Waals surface area contributed by atoms with Gasteiger partial charge in [0.1, 0.15) is 5.60 Å². The van der Waals surface area contributed by atoms with E-state index in [1.807, 2.05) is 12.1 Å². The minimum Gasteiger partial charge on any atom is -0.444 e. The molecule has 0 saturated carbocycles. The van der Waals surface area contributed by atoms with E-state index in [0.717, 1.165) is 25.1 Å². The highest BCUT2D eigenvalue weighted by molar-refractivity contribution is 7.89. The smallest absolute Gasteiger partial charge is 0.412 e. The van der Waals surface area contributed by atoms with Gasteiger partial charge in [-0.2, -0.15) is 4.31 Å². The predicted molar refractivity (Wildman–Crippen MR) is 145 cm³/mol. The van der Waals surface area contributed by atoms with Gasteiger partial charge >= 0.3 is 6.09 Å². The monoisotopic (exact) mass is 541 g/mol. The second kappa shape index (κ2) is 11.1. The van der Waals surface area contributed by atoms with Gasteiger partial charge in [0, 0.05) is 44.3 Å². The van der Waals surface area contributed by atoms with Crippen LogP contribution in [0.2, 0.25) is 0 Å². The number of anilines is 1. The summed E-state index contributed by atoms with van der Waals surface area (Å²) in [7, 11) is -3.68. The molecule has 0 spiro atoms. The van der Waals surface area contributed by atoms with Crippen LogP contribution >= 0.6 is 0 Å². The van der Waals surface area contributed by atoms with Gasteiger partial charge in [-0.15, -0.1) is 0 Å². The maximum Gasteiger partial charge on any atom is 0.412 e. The van der Waals surface area contributed by atoms with Crippen molar-refractivity contribution >= 4 is 33.3 Å². The van der Waals surface area contributed by atoms with Crippen molar-refractivity contribution < 1.29 is 22.7 Å². The summed E-state index contributed by atoms with van der Waals surface area (Å²) >= 11 is 0. The van der Waals surface area contributed by atoms with Gasteiger partial charge in [0.25, 0.3) is 5.91 Å². The molecule has 2 aliphatic heterocycles. The molecule has 2 aromatic rings. The van der Waals surface area contributed by atoms with Gasteiger partial charge in [0.05, 0.1) is 16.2 Å². The number of carbonyl (C=O) groups excluding carboxylic acids is 2. The Hall–Kier alpha value is -3.44. The molecule has 2 fully saturated rings. The van der Waals surface area contributed by atoms with Crippen molar-refractivity contribution in [3.8, 4) is 0 Å². The molecular weight excluding hydrogens is 506 g/mol.